The van der Waals surface area contributed by atoms with E-state index < -0.39 is 0 Å². The number of carbonyl (C=O) groups excluding carboxylic acids is 1. The van der Waals surface area contributed by atoms with Crippen molar-refractivity contribution < 1.29 is 13.9 Å². The van der Waals surface area contributed by atoms with E-state index in [9.17, 15) is 4.79 Å². The second kappa shape index (κ2) is 7.66. The Morgan fingerprint density at radius 3 is 2.91 bits per heavy atom. The van der Waals surface area contributed by atoms with Gasteiger partial charge in [-0.3, -0.25) is 4.79 Å². The number of amides is 1. The second-order valence-corrected chi connectivity index (χ2v) is 6.11. The first-order valence-corrected chi connectivity index (χ1v) is 8.25. The number of carbonyl (C=O) groups is 1. The van der Waals surface area contributed by atoms with Crippen LogP contribution in [0.3, 0.4) is 0 Å². The lowest BCUT2D eigenvalue weighted by molar-refractivity contribution is -0.138. The van der Waals surface area contributed by atoms with E-state index in [-0.39, 0.29) is 12.0 Å². The third-order valence-corrected chi connectivity index (χ3v) is 4.43. The normalized spacial score (nSPS) is 18.1. The van der Waals surface area contributed by atoms with Crippen LogP contribution in [0, 0.1) is 0 Å². The van der Waals surface area contributed by atoms with E-state index in [0.717, 1.165) is 22.8 Å². The third kappa shape index (κ3) is 4.36. The maximum atomic E-state index is 12.4. The van der Waals surface area contributed by atoms with E-state index >= 15 is 0 Å². The molecule has 2 heterocycles. The highest BCUT2D eigenvalue weighted by Gasteiger charge is 2.24. The minimum absolute atomic E-state index is 0.00351. The van der Waals surface area contributed by atoms with E-state index in [2.05, 4.69) is 0 Å². The van der Waals surface area contributed by atoms with Crippen molar-refractivity contribution in [2.75, 3.05) is 19.7 Å². The molecule has 0 bridgehead atoms. The first kappa shape index (κ1) is 16.1. The van der Waals surface area contributed by atoms with Crippen LogP contribution in [0.1, 0.15) is 17.7 Å². The quantitative estimate of drug-likeness (QED) is 0.843. The molecule has 3 rings (SSSR count). The van der Waals surface area contributed by atoms with Gasteiger partial charge in [0, 0.05) is 37.4 Å². The number of halogens is 1. The van der Waals surface area contributed by atoms with E-state index in [1.807, 2.05) is 41.3 Å². The van der Waals surface area contributed by atoms with Gasteiger partial charge in [0.2, 0.25) is 5.91 Å². The van der Waals surface area contributed by atoms with Gasteiger partial charge in [-0.15, -0.1) is 0 Å². The average molecular weight is 334 g/mol. The van der Waals surface area contributed by atoms with E-state index in [4.69, 9.17) is 20.8 Å². The van der Waals surface area contributed by atoms with Gasteiger partial charge < -0.3 is 14.1 Å². The van der Waals surface area contributed by atoms with Crippen LogP contribution in [0.4, 0.5) is 0 Å². The number of benzene rings is 1. The molecule has 23 heavy (non-hydrogen) atoms. The molecule has 1 aliphatic rings. The largest absolute Gasteiger partial charge is 0.469 e. The molecule has 0 radical (unpaired) electrons. The van der Waals surface area contributed by atoms with Gasteiger partial charge in [-0.25, -0.2) is 0 Å². The summed E-state index contributed by atoms with van der Waals surface area (Å²) in [6.07, 6.45) is 3.46. The fourth-order valence-electron chi connectivity index (χ4n) is 2.82. The number of hydrogen-bond acceptors (Lipinski definition) is 3. The van der Waals surface area contributed by atoms with Crippen LogP contribution < -0.4 is 0 Å². The minimum atomic E-state index is -0.00351. The summed E-state index contributed by atoms with van der Waals surface area (Å²) in [5, 5.41) is 0.748. The minimum Gasteiger partial charge on any atom is -0.469 e. The summed E-state index contributed by atoms with van der Waals surface area (Å²) in [7, 11) is 0. The number of ether oxygens (including phenoxy) is 1. The zero-order chi connectivity index (χ0) is 16.1. The van der Waals surface area contributed by atoms with Crippen molar-refractivity contribution >= 4 is 17.5 Å². The average Bonchev–Trinajstić information content (AvgIpc) is 3.08. The van der Waals surface area contributed by atoms with Gasteiger partial charge in [0.1, 0.15) is 5.76 Å². The highest BCUT2D eigenvalue weighted by atomic mass is 35.5. The first-order valence-electron chi connectivity index (χ1n) is 7.87. The Bertz CT molecular complexity index is 641. The van der Waals surface area contributed by atoms with Crippen molar-refractivity contribution in [3.05, 3.63) is 59.0 Å². The number of furan rings is 1. The Labute approximate surface area is 141 Å². The molecule has 1 aromatic carbocycles. The molecule has 1 amide bonds. The summed E-state index contributed by atoms with van der Waals surface area (Å²) in [6.45, 7) is 1.83. The molecule has 122 valence electrons. The zero-order valence-corrected chi connectivity index (χ0v) is 13.7. The van der Waals surface area contributed by atoms with Crippen molar-refractivity contribution in [3.63, 3.8) is 0 Å². The van der Waals surface area contributed by atoms with Crippen molar-refractivity contribution in [2.24, 2.45) is 0 Å². The summed E-state index contributed by atoms with van der Waals surface area (Å²) in [5.41, 5.74) is 1.06. The molecule has 1 fully saturated rings. The number of aryl methyl sites for hydroxylation is 1. The predicted octanol–water partition coefficient (Wildman–Crippen LogP) is 3.34. The SMILES string of the molecule is O=C(CCc1ccco1)N1CCO[C@@H](Cc2ccccc2Cl)C1. The van der Waals surface area contributed by atoms with Gasteiger partial charge >= 0.3 is 0 Å². The van der Waals surface area contributed by atoms with Crippen molar-refractivity contribution in [2.45, 2.75) is 25.4 Å². The summed E-state index contributed by atoms with van der Waals surface area (Å²) >= 11 is 6.20. The topological polar surface area (TPSA) is 42.7 Å². The summed E-state index contributed by atoms with van der Waals surface area (Å²) in [4.78, 5) is 14.2. The molecule has 0 unspecified atom stereocenters. The van der Waals surface area contributed by atoms with Crippen LogP contribution in [0.25, 0.3) is 0 Å². The number of morpholine rings is 1. The third-order valence-electron chi connectivity index (χ3n) is 4.06. The van der Waals surface area contributed by atoms with Gasteiger partial charge in [-0.2, -0.15) is 0 Å². The lowest BCUT2D eigenvalue weighted by Gasteiger charge is -2.33. The molecule has 1 aromatic heterocycles. The summed E-state index contributed by atoms with van der Waals surface area (Å²) in [6, 6.07) is 11.5. The van der Waals surface area contributed by atoms with Gasteiger partial charge in [-0.05, 0) is 23.8 Å². The number of rotatable bonds is 5. The smallest absolute Gasteiger partial charge is 0.223 e. The van der Waals surface area contributed by atoms with E-state index in [1.165, 1.54) is 0 Å². The molecule has 5 heteroatoms. The molecule has 1 aliphatic heterocycles. The number of nitrogens with zero attached hydrogens (tertiary/aromatic N) is 1. The predicted molar refractivity (Wildman–Crippen MR) is 88.5 cm³/mol. The van der Waals surface area contributed by atoms with E-state index in [0.29, 0.717) is 32.5 Å². The zero-order valence-electron chi connectivity index (χ0n) is 12.9. The molecule has 2 aromatic rings. The van der Waals surface area contributed by atoms with Crippen molar-refractivity contribution in [1.82, 2.24) is 4.90 Å². The molecule has 1 saturated heterocycles. The molecule has 0 aliphatic carbocycles. The molecule has 0 N–H and O–H groups in total. The van der Waals surface area contributed by atoms with Crippen LogP contribution in [0.15, 0.2) is 47.1 Å². The van der Waals surface area contributed by atoms with Crippen molar-refractivity contribution in [3.8, 4) is 0 Å². The maximum Gasteiger partial charge on any atom is 0.223 e. The molecule has 4 nitrogen and oxygen atoms in total. The van der Waals surface area contributed by atoms with Gasteiger partial charge in [-0.1, -0.05) is 29.8 Å². The molecule has 0 saturated carbocycles. The highest BCUT2D eigenvalue weighted by Crippen LogP contribution is 2.20. The Morgan fingerprint density at radius 1 is 1.26 bits per heavy atom. The molecular formula is C18H20ClNO3. The van der Waals surface area contributed by atoms with E-state index in [1.54, 1.807) is 6.26 Å². The van der Waals surface area contributed by atoms with Crippen molar-refractivity contribution in [1.29, 1.82) is 0 Å². The lowest BCUT2D eigenvalue weighted by Crippen LogP contribution is -2.46. The Kier molecular flexibility index (Phi) is 5.36. The number of hydrogen-bond donors (Lipinski definition) is 0. The molecular weight excluding hydrogens is 314 g/mol. The van der Waals surface area contributed by atoms with Crippen LogP contribution in [-0.4, -0.2) is 36.6 Å². The van der Waals surface area contributed by atoms with Gasteiger partial charge in [0.25, 0.3) is 0 Å². The lowest BCUT2D eigenvalue weighted by atomic mass is 10.1. The van der Waals surface area contributed by atoms with Gasteiger partial charge in [0.05, 0.1) is 19.0 Å². The monoisotopic (exact) mass is 333 g/mol. The first-order chi connectivity index (χ1) is 11.2. The van der Waals surface area contributed by atoms with Crippen LogP contribution in [0.5, 0.6) is 0 Å². The molecule has 1 atom stereocenters. The maximum absolute atomic E-state index is 12.4. The molecule has 0 spiro atoms. The fourth-order valence-corrected chi connectivity index (χ4v) is 3.03. The van der Waals surface area contributed by atoms with Crippen LogP contribution >= 0.6 is 11.6 Å². The standard InChI is InChI=1S/C18H20ClNO3/c19-17-6-2-1-4-14(17)12-16-13-20(9-11-23-16)18(21)8-7-15-5-3-10-22-15/h1-6,10,16H,7-9,11-13H2/t16-/m0/s1. The van der Waals surface area contributed by atoms with Crippen LogP contribution in [0.2, 0.25) is 5.02 Å². The summed E-state index contributed by atoms with van der Waals surface area (Å²) < 4.78 is 11.1. The summed E-state index contributed by atoms with van der Waals surface area (Å²) in [5.74, 6) is 0.994. The van der Waals surface area contributed by atoms with Gasteiger partial charge in [0.15, 0.2) is 0 Å². The Morgan fingerprint density at radius 2 is 2.13 bits per heavy atom. The Balaban J connectivity index is 1.53. The highest BCUT2D eigenvalue weighted by molar-refractivity contribution is 6.31. The van der Waals surface area contributed by atoms with Crippen LogP contribution in [-0.2, 0) is 22.4 Å². The Hall–Kier alpha value is -1.78. The second-order valence-electron chi connectivity index (χ2n) is 5.71. The fraction of sp³-hybridized carbons (Fsp3) is 0.389.